The van der Waals surface area contributed by atoms with Gasteiger partial charge >= 0.3 is 5.97 Å². The van der Waals surface area contributed by atoms with Crippen LogP contribution in [-0.2, 0) is 14.3 Å². The highest BCUT2D eigenvalue weighted by molar-refractivity contribution is 5.94. The van der Waals surface area contributed by atoms with E-state index in [-0.39, 0.29) is 24.7 Å². The summed E-state index contributed by atoms with van der Waals surface area (Å²) >= 11 is 0. The molecule has 1 atom stereocenters. The molecule has 0 fully saturated rings. The molecule has 112 valence electrons. The number of ether oxygens (including phenoxy) is 1. The molecule has 0 N–H and O–H groups in total. The smallest absolute Gasteiger partial charge is 0.313 e. The highest BCUT2D eigenvalue weighted by Gasteiger charge is 2.13. The van der Waals surface area contributed by atoms with Crippen molar-refractivity contribution in [2.45, 2.75) is 25.7 Å². The van der Waals surface area contributed by atoms with E-state index < -0.39 is 5.97 Å². The van der Waals surface area contributed by atoms with Crippen molar-refractivity contribution < 1.29 is 14.3 Å². The zero-order valence-electron chi connectivity index (χ0n) is 12.6. The first-order valence-electron chi connectivity index (χ1n) is 6.76. The van der Waals surface area contributed by atoms with Gasteiger partial charge in [0.25, 0.3) is 0 Å². The van der Waals surface area contributed by atoms with Gasteiger partial charge < -0.3 is 9.64 Å². The van der Waals surface area contributed by atoms with Crippen molar-refractivity contribution in [3.05, 3.63) is 29.8 Å². The zero-order valence-corrected chi connectivity index (χ0v) is 12.6. The maximum atomic E-state index is 11.2. The van der Waals surface area contributed by atoms with Gasteiger partial charge in [-0.15, -0.1) is 0 Å². The number of nitrogens with zero attached hydrogens (tertiary/aromatic N) is 2. The summed E-state index contributed by atoms with van der Waals surface area (Å²) in [7, 11) is 3.90. The van der Waals surface area contributed by atoms with Crippen LogP contribution in [-0.4, -0.2) is 32.5 Å². The summed E-state index contributed by atoms with van der Waals surface area (Å²) in [5, 5.41) is 9.21. The molecule has 0 bridgehead atoms. The van der Waals surface area contributed by atoms with Crippen molar-refractivity contribution in [2.75, 3.05) is 25.6 Å². The third-order valence-electron chi connectivity index (χ3n) is 3.03. The van der Waals surface area contributed by atoms with Gasteiger partial charge in [-0.3, -0.25) is 9.59 Å². The minimum absolute atomic E-state index is 0.139. The predicted molar refractivity (Wildman–Crippen MR) is 80.0 cm³/mol. The molecule has 0 heterocycles. The molecule has 1 unspecified atom stereocenters. The Bertz CT molecular complexity index is 529. The zero-order chi connectivity index (χ0) is 15.8. The van der Waals surface area contributed by atoms with Gasteiger partial charge in [-0.25, -0.2) is 0 Å². The number of benzene rings is 1. The Hall–Kier alpha value is -2.35. The highest BCUT2D eigenvalue weighted by Crippen LogP contribution is 2.22. The number of hydrogen-bond donors (Lipinski definition) is 0. The number of Topliss-reactive ketones (excluding diaryl/α,β-unsaturated/α-hetero) is 1. The monoisotopic (exact) mass is 288 g/mol. The van der Waals surface area contributed by atoms with Gasteiger partial charge in [-0.05, 0) is 24.6 Å². The van der Waals surface area contributed by atoms with Gasteiger partial charge in [0.05, 0.1) is 18.6 Å². The van der Waals surface area contributed by atoms with Crippen LogP contribution < -0.4 is 4.90 Å². The van der Waals surface area contributed by atoms with E-state index in [2.05, 4.69) is 6.07 Å². The Kier molecular flexibility index (Phi) is 6.41. The Morgan fingerprint density at radius 2 is 1.90 bits per heavy atom. The lowest BCUT2D eigenvalue weighted by Gasteiger charge is -2.14. The molecule has 0 aromatic heterocycles. The van der Waals surface area contributed by atoms with Crippen LogP contribution in [0.5, 0.6) is 0 Å². The van der Waals surface area contributed by atoms with Gasteiger partial charge in [0.1, 0.15) is 12.2 Å². The van der Waals surface area contributed by atoms with E-state index in [4.69, 9.17) is 4.74 Å². The molecule has 1 aromatic carbocycles. The SMILES string of the molecule is CC(=O)CC(=O)OCCC(C#N)c1ccc(N(C)C)cc1. The van der Waals surface area contributed by atoms with Crippen LogP contribution in [0.1, 0.15) is 31.2 Å². The summed E-state index contributed by atoms with van der Waals surface area (Å²) in [5.74, 6) is -1.09. The van der Waals surface area contributed by atoms with E-state index in [1.807, 2.05) is 43.3 Å². The summed E-state index contributed by atoms with van der Waals surface area (Å²) in [5.41, 5.74) is 1.95. The maximum Gasteiger partial charge on any atom is 0.313 e. The molecule has 5 nitrogen and oxygen atoms in total. The van der Waals surface area contributed by atoms with Crippen molar-refractivity contribution in [3.63, 3.8) is 0 Å². The standard InChI is InChI=1S/C16H20N2O3/c1-12(19)10-16(20)21-9-8-14(11-17)13-4-6-15(7-5-13)18(2)3/h4-7,14H,8-10H2,1-3H3. The Balaban J connectivity index is 2.54. The summed E-state index contributed by atoms with van der Waals surface area (Å²) in [6.07, 6.45) is 0.205. The lowest BCUT2D eigenvalue weighted by molar-refractivity contribution is -0.145. The molecule has 0 aliphatic carbocycles. The predicted octanol–water partition coefficient (Wildman–Crippen LogP) is 2.27. The fraction of sp³-hybridized carbons (Fsp3) is 0.438. The van der Waals surface area contributed by atoms with Gasteiger partial charge in [0, 0.05) is 26.2 Å². The van der Waals surface area contributed by atoms with Crippen LogP contribution in [0.25, 0.3) is 0 Å². The van der Waals surface area contributed by atoms with E-state index >= 15 is 0 Å². The number of rotatable bonds is 7. The van der Waals surface area contributed by atoms with Gasteiger partial charge in [-0.2, -0.15) is 5.26 Å². The Morgan fingerprint density at radius 3 is 2.38 bits per heavy atom. The Morgan fingerprint density at radius 1 is 1.29 bits per heavy atom. The molecule has 0 radical (unpaired) electrons. The molecular formula is C16H20N2O3. The number of hydrogen-bond acceptors (Lipinski definition) is 5. The van der Waals surface area contributed by atoms with Crippen LogP contribution in [0, 0.1) is 11.3 Å². The fourth-order valence-electron chi connectivity index (χ4n) is 1.86. The normalized spacial score (nSPS) is 11.3. The lowest BCUT2D eigenvalue weighted by atomic mass is 9.97. The largest absolute Gasteiger partial charge is 0.465 e. The summed E-state index contributed by atoms with van der Waals surface area (Å²) < 4.78 is 4.95. The van der Waals surface area contributed by atoms with E-state index in [9.17, 15) is 14.9 Å². The van der Waals surface area contributed by atoms with Crippen molar-refractivity contribution in [3.8, 4) is 6.07 Å². The average Bonchev–Trinajstić information content (AvgIpc) is 2.43. The molecule has 0 saturated carbocycles. The third kappa shape index (κ3) is 5.65. The van der Waals surface area contributed by atoms with Crippen molar-refractivity contribution in [2.24, 2.45) is 0 Å². The van der Waals surface area contributed by atoms with E-state index in [1.165, 1.54) is 6.92 Å². The molecular weight excluding hydrogens is 268 g/mol. The first kappa shape index (κ1) is 16.7. The van der Waals surface area contributed by atoms with Gasteiger partial charge in [0.2, 0.25) is 0 Å². The minimum atomic E-state index is -0.540. The van der Waals surface area contributed by atoms with Gasteiger partial charge in [-0.1, -0.05) is 12.1 Å². The van der Waals surface area contributed by atoms with Crippen molar-refractivity contribution in [1.29, 1.82) is 5.26 Å². The van der Waals surface area contributed by atoms with Crippen molar-refractivity contribution >= 4 is 17.4 Å². The van der Waals surface area contributed by atoms with Crippen LogP contribution in [0.2, 0.25) is 0 Å². The number of ketones is 1. The molecule has 21 heavy (non-hydrogen) atoms. The summed E-state index contributed by atoms with van der Waals surface area (Å²) in [6, 6.07) is 9.91. The first-order valence-corrected chi connectivity index (χ1v) is 6.76. The summed E-state index contributed by atoms with van der Waals surface area (Å²) in [6.45, 7) is 1.48. The molecule has 0 aliphatic rings. The van der Waals surface area contributed by atoms with E-state index in [0.29, 0.717) is 6.42 Å². The third-order valence-corrected chi connectivity index (χ3v) is 3.03. The van der Waals surface area contributed by atoms with Crippen molar-refractivity contribution in [1.82, 2.24) is 0 Å². The second-order valence-electron chi connectivity index (χ2n) is 5.06. The van der Waals surface area contributed by atoms with Crippen LogP contribution in [0.3, 0.4) is 0 Å². The second-order valence-corrected chi connectivity index (χ2v) is 5.06. The molecule has 0 saturated heterocycles. The van der Waals surface area contributed by atoms with Crippen LogP contribution in [0.4, 0.5) is 5.69 Å². The molecule has 0 spiro atoms. The van der Waals surface area contributed by atoms with Gasteiger partial charge in [0.15, 0.2) is 0 Å². The molecule has 0 aliphatic heterocycles. The van der Waals surface area contributed by atoms with Crippen LogP contribution in [0.15, 0.2) is 24.3 Å². The quantitative estimate of drug-likeness (QED) is 0.568. The number of carbonyl (C=O) groups excluding carboxylic acids is 2. The maximum absolute atomic E-state index is 11.2. The number of nitriles is 1. The number of esters is 1. The Labute approximate surface area is 125 Å². The van der Waals surface area contributed by atoms with E-state index in [1.54, 1.807) is 0 Å². The highest BCUT2D eigenvalue weighted by atomic mass is 16.5. The second kappa shape index (κ2) is 8.05. The first-order chi connectivity index (χ1) is 9.93. The molecule has 5 heteroatoms. The molecule has 1 rings (SSSR count). The topological polar surface area (TPSA) is 70.4 Å². The van der Waals surface area contributed by atoms with Crippen LogP contribution >= 0.6 is 0 Å². The summed E-state index contributed by atoms with van der Waals surface area (Å²) in [4.78, 5) is 24.0. The minimum Gasteiger partial charge on any atom is -0.465 e. The fourth-order valence-corrected chi connectivity index (χ4v) is 1.86. The molecule has 1 aromatic rings. The lowest BCUT2D eigenvalue weighted by Crippen LogP contribution is -2.12. The van der Waals surface area contributed by atoms with E-state index in [0.717, 1.165) is 11.3 Å². The number of carbonyl (C=O) groups is 2. The number of anilines is 1. The molecule has 0 amide bonds. The average molecular weight is 288 g/mol.